The quantitative estimate of drug-likeness (QED) is 0.524. The van der Waals surface area contributed by atoms with Crippen LogP contribution in [0.2, 0.25) is 0 Å². The first-order valence-corrected chi connectivity index (χ1v) is 14.3. The molecular formula is C30H40F3N5O2. The van der Waals surface area contributed by atoms with Crippen molar-refractivity contribution in [1.82, 2.24) is 24.7 Å². The lowest BCUT2D eigenvalue weighted by Gasteiger charge is -2.53. The number of aryl methyl sites for hydroxylation is 2. The van der Waals surface area contributed by atoms with Crippen molar-refractivity contribution >= 4 is 5.91 Å². The number of nitrogens with zero attached hydrogens (tertiary/aromatic N) is 5. The van der Waals surface area contributed by atoms with E-state index in [1.54, 1.807) is 6.07 Å². The molecule has 0 bridgehead atoms. The van der Waals surface area contributed by atoms with E-state index >= 15 is 0 Å². The summed E-state index contributed by atoms with van der Waals surface area (Å²) in [5.41, 5.74) is 3.11. The van der Waals surface area contributed by atoms with Crippen LogP contribution in [-0.2, 0) is 17.3 Å². The average molecular weight is 560 g/mol. The molecule has 3 atom stereocenters. The van der Waals surface area contributed by atoms with Crippen LogP contribution in [0.5, 0.6) is 0 Å². The van der Waals surface area contributed by atoms with Gasteiger partial charge in [-0.2, -0.15) is 13.2 Å². The van der Waals surface area contributed by atoms with E-state index in [9.17, 15) is 18.0 Å². The summed E-state index contributed by atoms with van der Waals surface area (Å²) in [6, 6.07) is 4.33. The third-order valence-electron chi connectivity index (χ3n) is 9.31. The van der Waals surface area contributed by atoms with Crippen molar-refractivity contribution in [3.05, 3.63) is 58.2 Å². The first-order chi connectivity index (χ1) is 18.9. The van der Waals surface area contributed by atoms with Gasteiger partial charge in [0.2, 0.25) is 0 Å². The fourth-order valence-corrected chi connectivity index (χ4v) is 6.98. The number of ether oxygens (including phenoxy) is 1. The second-order valence-electron chi connectivity index (χ2n) is 11.8. The van der Waals surface area contributed by atoms with Crippen LogP contribution in [0.1, 0.15) is 78.1 Å². The molecule has 0 radical (unpaired) electrons. The largest absolute Gasteiger partial charge is 0.416 e. The predicted molar refractivity (Wildman–Crippen MR) is 146 cm³/mol. The number of aromatic nitrogens is 2. The Bertz CT molecular complexity index is 1220. The maximum absolute atomic E-state index is 13.4. The molecule has 0 N–H and O–H groups in total. The number of hydrogen-bond donors (Lipinski definition) is 0. The summed E-state index contributed by atoms with van der Waals surface area (Å²) in [5, 5.41) is 0. The van der Waals surface area contributed by atoms with E-state index in [4.69, 9.17) is 4.74 Å². The van der Waals surface area contributed by atoms with Gasteiger partial charge in [0, 0.05) is 57.3 Å². The number of benzene rings is 1. The van der Waals surface area contributed by atoms with Crippen molar-refractivity contribution in [2.24, 2.45) is 0 Å². The third kappa shape index (κ3) is 5.37. The third-order valence-corrected chi connectivity index (χ3v) is 9.31. The summed E-state index contributed by atoms with van der Waals surface area (Å²) in [5.74, 6) is 0.00591. The SMILES string of the molecule is CCO[C@@H]1Cc2cc(C(F)(F)F)ccc2C1N1CCN(C2(C)CCN(C(=O)c3c(C)ncnc3C)CC2)C[C@@H]1C. The highest BCUT2D eigenvalue weighted by Gasteiger charge is 2.45. The second-order valence-corrected chi connectivity index (χ2v) is 11.8. The normalized spacial score (nSPS) is 25.7. The number of carbonyl (C=O) groups is 1. The Kier molecular flexibility index (Phi) is 7.98. The van der Waals surface area contributed by atoms with Crippen LogP contribution in [0, 0.1) is 13.8 Å². The molecule has 10 heteroatoms. The molecule has 3 aliphatic rings. The topological polar surface area (TPSA) is 61.8 Å². The van der Waals surface area contributed by atoms with Crippen LogP contribution in [0.4, 0.5) is 13.2 Å². The Morgan fingerprint density at radius 2 is 1.77 bits per heavy atom. The van der Waals surface area contributed by atoms with Gasteiger partial charge in [0.25, 0.3) is 5.91 Å². The number of rotatable bonds is 5. The lowest BCUT2D eigenvalue weighted by Crippen LogP contribution is -2.62. The Balaban J connectivity index is 1.26. The van der Waals surface area contributed by atoms with E-state index in [0.717, 1.165) is 43.6 Å². The molecule has 40 heavy (non-hydrogen) atoms. The summed E-state index contributed by atoms with van der Waals surface area (Å²) in [4.78, 5) is 28.6. The summed E-state index contributed by atoms with van der Waals surface area (Å²) in [6.45, 7) is 14.6. The summed E-state index contributed by atoms with van der Waals surface area (Å²) in [7, 11) is 0. The second kappa shape index (κ2) is 11.0. The first-order valence-electron chi connectivity index (χ1n) is 14.3. The molecule has 218 valence electrons. The molecule has 2 saturated heterocycles. The first kappa shape index (κ1) is 29.0. The number of hydrogen-bond acceptors (Lipinski definition) is 6. The molecule has 2 aromatic rings. The van der Waals surface area contributed by atoms with Crippen molar-refractivity contribution in [2.75, 3.05) is 39.3 Å². The Morgan fingerprint density at radius 3 is 2.38 bits per heavy atom. The molecule has 2 fully saturated rings. The molecule has 3 heterocycles. The zero-order valence-electron chi connectivity index (χ0n) is 24.1. The Labute approximate surface area is 234 Å². The summed E-state index contributed by atoms with van der Waals surface area (Å²) in [6.07, 6.45) is -0.754. The molecule has 1 aromatic carbocycles. The summed E-state index contributed by atoms with van der Waals surface area (Å²) < 4.78 is 46.3. The van der Waals surface area contributed by atoms with E-state index in [1.165, 1.54) is 18.5 Å². The van der Waals surface area contributed by atoms with Crippen LogP contribution in [0.15, 0.2) is 24.5 Å². The number of amides is 1. The lowest BCUT2D eigenvalue weighted by molar-refractivity contribution is -0.137. The monoisotopic (exact) mass is 559 g/mol. The van der Waals surface area contributed by atoms with Crippen LogP contribution in [0.25, 0.3) is 0 Å². The maximum Gasteiger partial charge on any atom is 0.416 e. The van der Waals surface area contributed by atoms with Gasteiger partial charge in [0.1, 0.15) is 6.33 Å². The van der Waals surface area contributed by atoms with Gasteiger partial charge in [-0.05, 0) is 70.7 Å². The fraction of sp³-hybridized carbons (Fsp3) is 0.633. The van der Waals surface area contributed by atoms with E-state index in [1.807, 2.05) is 25.7 Å². The molecule has 1 aliphatic carbocycles. The standard InChI is InChI=1S/C30H40F3N5O2/c1-6-40-25-16-22-15-23(30(31,32)33)7-8-24(22)27(25)38-14-13-37(17-19(38)2)29(5)9-11-36(12-10-29)28(39)26-20(3)34-18-35-21(26)4/h7-8,15,18-19,25,27H,6,9-14,16-17H2,1-5H3/t19-,25+,27?/m0/s1. The molecule has 7 nitrogen and oxygen atoms in total. The molecule has 1 aromatic heterocycles. The van der Waals surface area contributed by atoms with E-state index in [-0.39, 0.29) is 29.6 Å². The van der Waals surface area contributed by atoms with Gasteiger partial charge in [0.05, 0.1) is 34.7 Å². The van der Waals surface area contributed by atoms with Crippen LogP contribution in [-0.4, -0.2) is 87.6 Å². The smallest absolute Gasteiger partial charge is 0.376 e. The molecule has 1 unspecified atom stereocenters. The van der Waals surface area contributed by atoms with E-state index in [0.29, 0.717) is 43.1 Å². The van der Waals surface area contributed by atoms with Gasteiger partial charge in [0.15, 0.2) is 0 Å². The van der Waals surface area contributed by atoms with Crippen molar-refractivity contribution in [3.8, 4) is 0 Å². The van der Waals surface area contributed by atoms with E-state index in [2.05, 4.69) is 33.6 Å². The number of fused-ring (bicyclic) bond motifs is 1. The molecule has 5 rings (SSSR count). The zero-order valence-corrected chi connectivity index (χ0v) is 24.1. The molecule has 0 spiro atoms. The number of alkyl halides is 3. The number of carbonyl (C=O) groups excluding carboxylic acids is 1. The lowest BCUT2D eigenvalue weighted by atomic mass is 9.86. The van der Waals surface area contributed by atoms with Gasteiger partial charge in [-0.25, -0.2) is 9.97 Å². The number of piperidine rings is 1. The predicted octanol–water partition coefficient (Wildman–Crippen LogP) is 4.82. The summed E-state index contributed by atoms with van der Waals surface area (Å²) >= 11 is 0. The van der Waals surface area contributed by atoms with Crippen LogP contribution >= 0.6 is 0 Å². The van der Waals surface area contributed by atoms with Gasteiger partial charge in [-0.1, -0.05) is 6.07 Å². The fourth-order valence-electron chi connectivity index (χ4n) is 6.98. The highest BCUT2D eigenvalue weighted by molar-refractivity contribution is 5.96. The number of halogens is 3. The minimum absolute atomic E-state index is 0.00591. The Morgan fingerprint density at radius 1 is 1.10 bits per heavy atom. The highest BCUT2D eigenvalue weighted by atomic mass is 19.4. The van der Waals surface area contributed by atoms with Crippen LogP contribution in [0.3, 0.4) is 0 Å². The molecule has 1 amide bonds. The number of likely N-dealkylation sites (tertiary alicyclic amines) is 1. The van der Waals surface area contributed by atoms with Crippen molar-refractivity contribution in [2.45, 2.75) is 83.8 Å². The van der Waals surface area contributed by atoms with Crippen molar-refractivity contribution in [3.63, 3.8) is 0 Å². The molecule has 0 saturated carbocycles. The maximum atomic E-state index is 13.4. The van der Waals surface area contributed by atoms with Crippen molar-refractivity contribution in [1.29, 1.82) is 0 Å². The van der Waals surface area contributed by atoms with E-state index < -0.39 is 11.7 Å². The number of piperazine rings is 1. The molecular weight excluding hydrogens is 519 g/mol. The highest BCUT2D eigenvalue weighted by Crippen LogP contribution is 2.43. The minimum atomic E-state index is -4.35. The molecule has 2 aliphatic heterocycles. The minimum Gasteiger partial charge on any atom is -0.376 e. The van der Waals surface area contributed by atoms with Gasteiger partial charge in [-0.3, -0.25) is 14.6 Å². The van der Waals surface area contributed by atoms with Gasteiger partial charge < -0.3 is 9.64 Å². The zero-order chi connectivity index (χ0) is 28.8. The van der Waals surface area contributed by atoms with Crippen molar-refractivity contribution < 1.29 is 22.7 Å². The Hall–Kier alpha value is -2.56. The van der Waals surface area contributed by atoms with Gasteiger partial charge >= 0.3 is 6.18 Å². The van der Waals surface area contributed by atoms with Gasteiger partial charge in [-0.15, -0.1) is 0 Å². The van der Waals surface area contributed by atoms with Crippen LogP contribution < -0.4 is 0 Å². The average Bonchev–Trinajstić information content (AvgIpc) is 3.25.